The number of hydrogen-bond donors (Lipinski definition) is 1. The summed E-state index contributed by atoms with van der Waals surface area (Å²) in [4.78, 5) is 43.3. The number of benzene rings is 1. The second-order valence-electron chi connectivity index (χ2n) is 8.25. The second kappa shape index (κ2) is 9.04. The standard InChI is InChI=1S/C22H30N4O4/c1-2-30-19-6-4-3-5-18(19)26-14-16(13-21(26)28)22(29)25-11-9-24(10-12-25)15-20(27)23-17-7-8-17/h3-6,16-17H,2,7-15H2,1H3,(H,23,27)/t16-/m1/s1. The van der Waals surface area contributed by atoms with E-state index in [1.165, 1.54) is 0 Å². The molecule has 0 unspecified atom stereocenters. The summed E-state index contributed by atoms with van der Waals surface area (Å²) in [6.45, 7) is 5.75. The third-order valence-electron chi connectivity index (χ3n) is 5.92. The lowest BCUT2D eigenvalue weighted by atomic mass is 10.1. The van der Waals surface area contributed by atoms with Crippen molar-refractivity contribution in [3.05, 3.63) is 24.3 Å². The highest BCUT2D eigenvalue weighted by atomic mass is 16.5. The van der Waals surface area contributed by atoms with Crippen LogP contribution in [0.15, 0.2) is 24.3 Å². The van der Waals surface area contributed by atoms with Crippen LogP contribution in [-0.4, -0.2) is 79.4 Å². The highest BCUT2D eigenvalue weighted by Crippen LogP contribution is 2.33. The van der Waals surface area contributed by atoms with E-state index in [4.69, 9.17) is 4.74 Å². The van der Waals surface area contributed by atoms with Crippen molar-refractivity contribution < 1.29 is 19.1 Å². The molecule has 8 heteroatoms. The summed E-state index contributed by atoms with van der Waals surface area (Å²) in [6.07, 6.45) is 2.39. The minimum atomic E-state index is -0.336. The highest BCUT2D eigenvalue weighted by molar-refractivity contribution is 6.01. The zero-order chi connectivity index (χ0) is 21.1. The zero-order valence-electron chi connectivity index (χ0n) is 17.5. The summed E-state index contributed by atoms with van der Waals surface area (Å²) in [6, 6.07) is 7.83. The third kappa shape index (κ3) is 4.75. The maximum atomic E-state index is 13.0. The molecule has 3 aliphatic rings. The number of hydrogen-bond acceptors (Lipinski definition) is 5. The number of rotatable bonds is 7. The molecule has 0 radical (unpaired) electrons. The number of anilines is 1. The fourth-order valence-corrected chi connectivity index (χ4v) is 4.15. The van der Waals surface area contributed by atoms with E-state index >= 15 is 0 Å². The van der Waals surface area contributed by atoms with Crippen molar-refractivity contribution in [2.45, 2.75) is 32.2 Å². The van der Waals surface area contributed by atoms with Gasteiger partial charge in [-0.3, -0.25) is 19.3 Å². The van der Waals surface area contributed by atoms with Crippen LogP contribution in [0, 0.1) is 5.92 Å². The minimum Gasteiger partial charge on any atom is -0.492 e. The molecule has 8 nitrogen and oxygen atoms in total. The molecular weight excluding hydrogens is 384 g/mol. The molecule has 1 saturated carbocycles. The van der Waals surface area contributed by atoms with Gasteiger partial charge in [-0.05, 0) is 31.9 Å². The molecule has 2 heterocycles. The van der Waals surface area contributed by atoms with E-state index in [0.717, 1.165) is 18.5 Å². The summed E-state index contributed by atoms with van der Waals surface area (Å²) in [5.41, 5.74) is 0.728. The zero-order valence-corrected chi connectivity index (χ0v) is 17.5. The molecule has 1 aromatic carbocycles. The van der Waals surface area contributed by atoms with Crippen LogP contribution in [0.5, 0.6) is 5.75 Å². The SMILES string of the molecule is CCOc1ccccc1N1C[C@H](C(=O)N2CCN(CC(=O)NC3CC3)CC2)CC1=O. The smallest absolute Gasteiger partial charge is 0.234 e. The Balaban J connectivity index is 1.30. The van der Waals surface area contributed by atoms with Crippen LogP contribution in [0.2, 0.25) is 0 Å². The molecule has 2 aliphatic heterocycles. The van der Waals surface area contributed by atoms with Gasteiger partial charge in [0.15, 0.2) is 0 Å². The van der Waals surface area contributed by atoms with E-state index in [9.17, 15) is 14.4 Å². The number of piperazine rings is 1. The molecule has 1 aliphatic carbocycles. The molecule has 0 aromatic heterocycles. The molecule has 2 saturated heterocycles. The maximum absolute atomic E-state index is 13.0. The maximum Gasteiger partial charge on any atom is 0.234 e. The van der Waals surface area contributed by atoms with Crippen molar-refractivity contribution in [3.8, 4) is 5.75 Å². The number of carbonyl (C=O) groups is 3. The Morgan fingerprint density at radius 2 is 1.87 bits per heavy atom. The molecule has 1 N–H and O–H groups in total. The Morgan fingerprint density at radius 3 is 2.57 bits per heavy atom. The van der Waals surface area contributed by atoms with Crippen LogP contribution in [0.4, 0.5) is 5.69 Å². The van der Waals surface area contributed by atoms with Gasteiger partial charge in [0.05, 0.1) is 24.8 Å². The normalized spacial score (nSPS) is 22.3. The first-order valence-electron chi connectivity index (χ1n) is 10.9. The molecular formula is C22H30N4O4. The second-order valence-corrected chi connectivity index (χ2v) is 8.25. The van der Waals surface area contributed by atoms with Crippen molar-refractivity contribution in [1.82, 2.24) is 15.1 Å². The fraction of sp³-hybridized carbons (Fsp3) is 0.591. The first-order valence-corrected chi connectivity index (χ1v) is 10.9. The Hall–Kier alpha value is -2.61. The van der Waals surface area contributed by atoms with E-state index in [2.05, 4.69) is 10.2 Å². The van der Waals surface area contributed by atoms with Gasteiger partial charge in [-0.15, -0.1) is 0 Å². The first-order chi connectivity index (χ1) is 14.5. The summed E-state index contributed by atoms with van der Waals surface area (Å²) in [5.74, 6) is 0.386. The molecule has 1 atom stereocenters. The number of nitrogens with one attached hydrogen (secondary N) is 1. The van der Waals surface area contributed by atoms with Crippen molar-refractivity contribution in [2.24, 2.45) is 5.92 Å². The van der Waals surface area contributed by atoms with E-state index in [1.807, 2.05) is 36.1 Å². The monoisotopic (exact) mass is 414 g/mol. The van der Waals surface area contributed by atoms with Gasteiger partial charge in [0.2, 0.25) is 17.7 Å². The highest BCUT2D eigenvalue weighted by Gasteiger charge is 2.39. The molecule has 3 fully saturated rings. The number of nitrogens with zero attached hydrogens (tertiary/aromatic N) is 3. The van der Waals surface area contributed by atoms with Gasteiger partial charge in [0, 0.05) is 45.2 Å². The van der Waals surface area contributed by atoms with Crippen molar-refractivity contribution in [3.63, 3.8) is 0 Å². The minimum absolute atomic E-state index is 0.0295. The predicted octanol–water partition coefficient (Wildman–Crippen LogP) is 0.861. The average molecular weight is 415 g/mol. The first kappa shape index (κ1) is 20.7. The van der Waals surface area contributed by atoms with Crippen LogP contribution >= 0.6 is 0 Å². The van der Waals surface area contributed by atoms with E-state index in [1.54, 1.807) is 4.90 Å². The molecule has 30 heavy (non-hydrogen) atoms. The Morgan fingerprint density at radius 1 is 1.13 bits per heavy atom. The van der Waals surface area contributed by atoms with Gasteiger partial charge in [0.1, 0.15) is 5.75 Å². The molecule has 4 rings (SSSR count). The van der Waals surface area contributed by atoms with Gasteiger partial charge in [-0.2, -0.15) is 0 Å². The van der Waals surface area contributed by atoms with Gasteiger partial charge in [-0.25, -0.2) is 0 Å². The van der Waals surface area contributed by atoms with E-state index in [-0.39, 0.29) is 30.1 Å². The fourth-order valence-electron chi connectivity index (χ4n) is 4.15. The van der Waals surface area contributed by atoms with Gasteiger partial charge < -0.3 is 19.9 Å². The summed E-state index contributed by atoms with van der Waals surface area (Å²) in [5, 5.41) is 3.00. The number of carbonyl (C=O) groups excluding carboxylic acids is 3. The predicted molar refractivity (Wildman–Crippen MR) is 112 cm³/mol. The largest absolute Gasteiger partial charge is 0.492 e. The Bertz CT molecular complexity index is 802. The van der Waals surface area contributed by atoms with Gasteiger partial charge in [0.25, 0.3) is 0 Å². The quantitative estimate of drug-likeness (QED) is 0.716. The van der Waals surface area contributed by atoms with Crippen molar-refractivity contribution in [1.29, 1.82) is 0 Å². The molecule has 3 amide bonds. The Kier molecular flexibility index (Phi) is 6.22. The lowest BCUT2D eigenvalue weighted by molar-refractivity contribution is -0.137. The lowest BCUT2D eigenvalue weighted by Crippen LogP contribution is -2.52. The van der Waals surface area contributed by atoms with Crippen molar-refractivity contribution in [2.75, 3.05) is 50.8 Å². The van der Waals surface area contributed by atoms with Crippen LogP contribution < -0.4 is 15.0 Å². The Labute approximate surface area is 177 Å². The summed E-state index contributed by atoms with van der Waals surface area (Å²) >= 11 is 0. The molecule has 162 valence electrons. The lowest BCUT2D eigenvalue weighted by Gasteiger charge is -2.35. The summed E-state index contributed by atoms with van der Waals surface area (Å²) in [7, 11) is 0. The average Bonchev–Trinajstić information content (AvgIpc) is 3.47. The van der Waals surface area contributed by atoms with Crippen molar-refractivity contribution >= 4 is 23.4 Å². The molecule has 0 spiro atoms. The topological polar surface area (TPSA) is 82.2 Å². The van der Waals surface area contributed by atoms with Gasteiger partial charge >= 0.3 is 0 Å². The van der Waals surface area contributed by atoms with E-state index in [0.29, 0.717) is 57.7 Å². The van der Waals surface area contributed by atoms with Gasteiger partial charge in [-0.1, -0.05) is 12.1 Å². The molecule has 1 aromatic rings. The van der Waals surface area contributed by atoms with Crippen LogP contribution in [0.1, 0.15) is 26.2 Å². The number of ether oxygens (including phenoxy) is 1. The molecule has 0 bridgehead atoms. The van der Waals surface area contributed by atoms with Crippen LogP contribution in [0.3, 0.4) is 0 Å². The third-order valence-corrected chi connectivity index (χ3v) is 5.92. The number of amides is 3. The number of para-hydroxylation sites is 2. The van der Waals surface area contributed by atoms with Crippen LogP contribution in [-0.2, 0) is 14.4 Å². The van der Waals surface area contributed by atoms with E-state index < -0.39 is 0 Å². The van der Waals surface area contributed by atoms with Crippen LogP contribution in [0.25, 0.3) is 0 Å². The summed E-state index contributed by atoms with van der Waals surface area (Å²) < 4.78 is 5.65.